The molecule has 7 heteroatoms. The van der Waals surface area contributed by atoms with Crippen molar-refractivity contribution in [3.05, 3.63) is 28.8 Å². The minimum Gasteiger partial charge on any atom is -0.404 e. The fourth-order valence-corrected chi connectivity index (χ4v) is 2.71. The van der Waals surface area contributed by atoms with Gasteiger partial charge in [0, 0.05) is 5.54 Å². The van der Waals surface area contributed by atoms with E-state index in [9.17, 15) is 18.3 Å². The van der Waals surface area contributed by atoms with E-state index in [1.165, 1.54) is 12.1 Å². The molecular formula is C13H15ClF3NO2. The van der Waals surface area contributed by atoms with E-state index in [1.807, 2.05) is 0 Å². The number of alkyl halides is 3. The molecule has 0 bridgehead atoms. The van der Waals surface area contributed by atoms with Gasteiger partial charge in [0.2, 0.25) is 0 Å². The highest BCUT2D eigenvalue weighted by molar-refractivity contribution is 6.32. The first-order chi connectivity index (χ1) is 9.20. The van der Waals surface area contributed by atoms with Gasteiger partial charge in [-0.2, -0.15) is 0 Å². The molecule has 2 rings (SSSR count). The summed E-state index contributed by atoms with van der Waals surface area (Å²) in [5.41, 5.74) is 5.84. The van der Waals surface area contributed by atoms with Crippen molar-refractivity contribution in [2.45, 2.75) is 43.7 Å². The van der Waals surface area contributed by atoms with Crippen LogP contribution < -0.4 is 10.5 Å². The highest BCUT2D eigenvalue weighted by Gasteiger charge is 2.36. The highest BCUT2D eigenvalue weighted by Crippen LogP contribution is 2.39. The van der Waals surface area contributed by atoms with E-state index < -0.39 is 23.8 Å². The molecule has 20 heavy (non-hydrogen) atoms. The third-order valence-corrected chi connectivity index (χ3v) is 3.80. The monoisotopic (exact) mass is 309 g/mol. The molecule has 0 radical (unpaired) electrons. The van der Waals surface area contributed by atoms with Crippen LogP contribution in [-0.2, 0) is 5.54 Å². The van der Waals surface area contributed by atoms with E-state index in [0.717, 1.165) is 6.42 Å². The van der Waals surface area contributed by atoms with Crippen LogP contribution in [0.25, 0.3) is 0 Å². The Kier molecular flexibility index (Phi) is 4.18. The van der Waals surface area contributed by atoms with Crippen molar-refractivity contribution in [2.24, 2.45) is 5.73 Å². The van der Waals surface area contributed by atoms with Gasteiger partial charge in [0.1, 0.15) is 5.75 Å². The van der Waals surface area contributed by atoms with Crippen LogP contribution in [0.15, 0.2) is 18.2 Å². The third-order valence-electron chi connectivity index (χ3n) is 3.49. The molecule has 0 spiro atoms. The summed E-state index contributed by atoms with van der Waals surface area (Å²) in [6.07, 6.45) is -3.09. The Morgan fingerprint density at radius 3 is 2.70 bits per heavy atom. The summed E-state index contributed by atoms with van der Waals surface area (Å²) in [7, 11) is 0. The van der Waals surface area contributed by atoms with E-state index in [-0.39, 0.29) is 5.02 Å². The molecule has 1 aromatic carbocycles. The molecule has 0 saturated heterocycles. The Morgan fingerprint density at radius 1 is 1.40 bits per heavy atom. The van der Waals surface area contributed by atoms with Crippen LogP contribution in [0.3, 0.4) is 0 Å². The van der Waals surface area contributed by atoms with E-state index in [0.29, 0.717) is 24.8 Å². The average Bonchev–Trinajstić information content (AvgIpc) is 2.29. The maximum Gasteiger partial charge on any atom is 0.573 e. The Balaban J connectivity index is 2.31. The minimum absolute atomic E-state index is 0.133. The predicted molar refractivity (Wildman–Crippen MR) is 68.5 cm³/mol. The largest absolute Gasteiger partial charge is 0.573 e. The van der Waals surface area contributed by atoms with Gasteiger partial charge in [-0.25, -0.2) is 0 Å². The van der Waals surface area contributed by atoms with Gasteiger partial charge in [0.15, 0.2) is 0 Å². The van der Waals surface area contributed by atoms with Crippen LogP contribution >= 0.6 is 11.6 Å². The van der Waals surface area contributed by atoms with E-state index in [2.05, 4.69) is 4.74 Å². The number of ether oxygens (including phenoxy) is 1. The molecule has 0 heterocycles. The summed E-state index contributed by atoms with van der Waals surface area (Å²) < 4.78 is 40.8. The molecule has 2 atom stereocenters. The van der Waals surface area contributed by atoms with E-state index in [1.54, 1.807) is 6.07 Å². The van der Waals surface area contributed by atoms with Crippen LogP contribution in [0.1, 0.15) is 31.2 Å². The van der Waals surface area contributed by atoms with Crippen LogP contribution in [0.4, 0.5) is 13.2 Å². The zero-order valence-electron chi connectivity index (χ0n) is 10.6. The van der Waals surface area contributed by atoms with Crippen molar-refractivity contribution in [1.29, 1.82) is 0 Å². The van der Waals surface area contributed by atoms with Crippen molar-refractivity contribution in [1.82, 2.24) is 0 Å². The number of benzene rings is 1. The number of nitrogens with two attached hydrogens (primary N) is 1. The molecule has 1 saturated carbocycles. The van der Waals surface area contributed by atoms with Gasteiger partial charge in [0.25, 0.3) is 0 Å². The van der Waals surface area contributed by atoms with Gasteiger partial charge in [0.05, 0.1) is 11.1 Å². The number of hydrogen-bond donors (Lipinski definition) is 2. The Morgan fingerprint density at radius 2 is 2.10 bits per heavy atom. The average molecular weight is 310 g/mol. The molecule has 3 nitrogen and oxygen atoms in total. The maximum atomic E-state index is 12.3. The molecule has 1 fully saturated rings. The first-order valence-corrected chi connectivity index (χ1v) is 6.60. The minimum atomic E-state index is -4.81. The normalized spacial score (nSPS) is 27.4. The van der Waals surface area contributed by atoms with E-state index >= 15 is 0 Å². The smallest absolute Gasteiger partial charge is 0.404 e. The van der Waals surface area contributed by atoms with Crippen molar-refractivity contribution in [3.63, 3.8) is 0 Å². The molecule has 1 aromatic rings. The predicted octanol–water partition coefficient (Wildman–Crippen LogP) is 3.33. The number of aliphatic hydroxyl groups is 1. The molecule has 0 aromatic heterocycles. The van der Waals surface area contributed by atoms with Gasteiger partial charge in [-0.1, -0.05) is 17.7 Å². The lowest BCUT2D eigenvalue weighted by atomic mass is 9.76. The van der Waals surface area contributed by atoms with Crippen molar-refractivity contribution in [3.8, 4) is 5.75 Å². The summed E-state index contributed by atoms with van der Waals surface area (Å²) in [6.45, 7) is 0. The molecule has 3 N–H and O–H groups in total. The summed E-state index contributed by atoms with van der Waals surface area (Å²) >= 11 is 5.70. The molecule has 1 aliphatic rings. The van der Waals surface area contributed by atoms with Gasteiger partial charge in [-0.05, 0) is 43.4 Å². The van der Waals surface area contributed by atoms with Crippen molar-refractivity contribution in [2.75, 3.05) is 0 Å². The third kappa shape index (κ3) is 3.56. The van der Waals surface area contributed by atoms with Crippen molar-refractivity contribution >= 4 is 11.6 Å². The molecule has 2 unspecified atom stereocenters. The van der Waals surface area contributed by atoms with Crippen LogP contribution in [0, 0.1) is 0 Å². The topological polar surface area (TPSA) is 55.5 Å². The van der Waals surface area contributed by atoms with Gasteiger partial charge >= 0.3 is 6.36 Å². The fraction of sp³-hybridized carbons (Fsp3) is 0.538. The lowest BCUT2D eigenvalue weighted by Crippen LogP contribution is -2.43. The lowest BCUT2D eigenvalue weighted by Gasteiger charge is -2.36. The first-order valence-electron chi connectivity index (χ1n) is 6.22. The molecule has 1 aliphatic carbocycles. The van der Waals surface area contributed by atoms with Gasteiger partial charge in [-0.3, -0.25) is 0 Å². The second-order valence-corrected chi connectivity index (χ2v) is 5.51. The molecule has 0 amide bonds. The second kappa shape index (κ2) is 5.42. The summed E-state index contributed by atoms with van der Waals surface area (Å²) in [5, 5.41) is 9.57. The van der Waals surface area contributed by atoms with E-state index in [4.69, 9.17) is 17.3 Å². The Labute approximate surface area is 119 Å². The molecule has 0 aliphatic heterocycles. The van der Waals surface area contributed by atoms with Gasteiger partial charge < -0.3 is 15.6 Å². The fourth-order valence-electron chi connectivity index (χ4n) is 2.56. The number of halogens is 4. The zero-order chi connectivity index (χ0) is 15.0. The van der Waals surface area contributed by atoms with Crippen LogP contribution in [0.2, 0.25) is 5.02 Å². The SMILES string of the molecule is NC1(c2ccc(Cl)c(OC(F)(F)F)c2)CCCC(O)C1. The molecular weight excluding hydrogens is 295 g/mol. The number of hydrogen-bond acceptors (Lipinski definition) is 3. The summed E-state index contributed by atoms with van der Waals surface area (Å²) in [6, 6.07) is 4.10. The summed E-state index contributed by atoms with van der Waals surface area (Å²) in [4.78, 5) is 0. The van der Waals surface area contributed by atoms with Crippen molar-refractivity contribution < 1.29 is 23.0 Å². The quantitative estimate of drug-likeness (QED) is 0.881. The Hall–Kier alpha value is -0.980. The summed E-state index contributed by atoms with van der Waals surface area (Å²) in [5.74, 6) is -0.471. The molecule has 112 valence electrons. The van der Waals surface area contributed by atoms with Gasteiger partial charge in [-0.15, -0.1) is 13.2 Å². The Bertz CT molecular complexity index is 495. The number of rotatable bonds is 2. The number of aliphatic hydroxyl groups excluding tert-OH is 1. The standard InChI is InChI=1S/C13H15ClF3NO2/c14-10-4-3-8(6-11(10)20-13(15,16)17)12(18)5-1-2-9(19)7-12/h3-4,6,9,19H,1-2,5,7,18H2. The van der Waals surface area contributed by atoms with Crippen LogP contribution in [-0.4, -0.2) is 17.6 Å². The highest BCUT2D eigenvalue weighted by atomic mass is 35.5. The van der Waals surface area contributed by atoms with Crippen LogP contribution in [0.5, 0.6) is 5.75 Å². The second-order valence-electron chi connectivity index (χ2n) is 5.10. The maximum absolute atomic E-state index is 12.3. The first kappa shape index (κ1) is 15.4. The lowest BCUT2D eigenvalue weighted by molar-refractivity contribution is -0.274. The zero-order valence-corrected chi connectivity index (χ0v) is 11.3.